The minimum atomic E-state index is -1.32. The summed E-state index contributed by atoms with van der Waals surface area (Å²) in [7, 11) is 1.33. The molecular weight excluding hydrogens is 370 g/mol. The van der Waals surface area contributed by atoms with Crippen LogP contribution in [0.5, 0.6) is 0 Å². The number of rotatable bonds is 11. The Kier molecular flexibility index (Phi) is 9.15. The van der Waals surface area contributed by atoms with Crippen LogP contribution in [0.3, 0.4) is 0 Å². The molecule has 2 N–H and O–H groups in total. The number of unbranched alkanes of at least 4 members (excludes halogenated alkanes) is 2. The van der Waals surface area contributed by atoms with Gasteiger partial charge in [-0.3, -0.25) is 4.79 Å². The van der Waals surface area contributed by atoms with Crippen LogP contribution in [0.1, 0.15) is 64.7 Å². The molecule has 1 aliphatic carbocycles. The number of aliphatic hydroxyl groups excluding tert-OH is 2. The van der Waals surface area contributed by atoms with Crippen LogP contribution in [0, 0.1) is 11.8 Å². The van der Waals surface area contributed by atoms with Gasteiger partial charge in [0, 0.05) is 18.8 Å². The third-order valence-electron chi connectivity index (χ3n) is 5.99. The number of hydrogen-bond donors (Lipinski definition) is 2. The second kappa shape index (κ2) is 11.1. The third-order valence-corrected chi connectivity index (χ3v) is 5.99. The number of carbonyl (C=O) groups is 1. The minimum absolute atomic E-state index is 0.209. The number of alkyl halides is 2. The molecule has 0 amide bonds. The molecule has 0 aromatic carbocycles. The van der Waals surface area contributed by atoms with E-state index in [-0.39, 0.29) is 36.6 Å². The summed E-state index contributed by atoms with van der Waals surface area (Å²) in [5.41, 5.74) is 0. The molecule has 7 heteroatoms. The maximum Gasteiger partial charge on any atom is 0.305 e. The van der Waals surface area contributed by atoms with Crippen LogP contribution < -0.4 is 0 Å². The van der Waals surface area contributed by atoms with Crippen molar-refractivity contribution in [1.29, 1.82) is 0 Å². The van der Waals surface area contributed by atoms with Gasteiger partial charge in [0.15, 0.2) is 6.17 Å². The quantitative estimate of drug-likeness (QED) is 0.406. The van der Waals surface area contributed by atoms with E-state index in [2.05, 4.69) is 4.74 Å². The second-order valence-electron chi connectivity index (χ2n) is 7.98. The Morgan fingerprint density at radius 1 is 1.39 bits per heavy atom. The number of aliphatic hydroxyl groups is 2. The van der Waals surface area contributed by atoms with Gasteiger partial charge >= 0.3 is 5.97 Å². The fourth-order valence-electron chi connectivity index (χ4n) is 4.34. The van der Waals surface area contributed by atoms with E-state index in [0.717, 1.165) is 12.8 Å². The molecule has 0 spiro atoms. The Labute approximate surface area is 166 Å². The zero-order valence-electron chi connectivity index (χ0n) is 16.9. The summed E-state index contributed by atoms with van der Waals surface area (Å²) >= 11 is 0. The van der Waals surface area contributed by atoms with Crippen LogP contribution in [0.15, 0.2) is 11.8 Å². The Hall–Kier alpha value is -1.21. The van der Waals surface area contributed by atoms with Crippen LogP contribution in [0.4, 0.5) is 8.78 Å². The van der Waals surface area contributed by atoms with Crippen LogP contribution in [0.2, 0.25) is 0 Å². The first-order valence-corrected chi connectivity index (χ1v) is 10.5. The first kappa shape index (κ1) is 23.1. The van der Waals surface area contributed by atoms with Gasteiger partial charge < -0.3 is 19.7 Å². The standard InChI is InChI=1S/C21H34F2O5/c1-3-4-7-14(22)15(24)11-10-13-16(25)12-18-20(13)21(23)17(28-18)8-5-6-9-19(26)27-2/h8,13-16,18,20-21,24-25H,3-7,9-12H2,1-2H3/b17-8-/t13-,14?,15?,16?,18?,20+,21?/m0/s1. The fourth-order valence-corrected chi connectivity index (χ4v) is 4.34. The maximum atomic E-state index is 14.9. The van der Waals surface area contributed by atoms with Gasteiger partial charge in [0.05, 0.1) is 19.3 Å². The number of ether oxygens (including phenoxy) is 2. The molecule has 1 saturated heterocycles. The number of allylic oxidation sites excluding steroid dienone is 2. The zero-order valence-corrected chi connectivity index (χ0v) is 16.9. The number of esters is 1. The highest BCUT2D eigenvalue weighted by molar-refractivity contribution is 5.69. The normalized spacial score (nSPS) is 32.8. The van der Waals surface area contributed by atoms with Crippen LogP contribution >= 0.6 is 0 Å². The Balaban J connectivity index is 1.86. The van der Waals surface area contributed by atoms with E-state index in [1.807, 2.05) is 6.92 Å². The number of methoxy groups -OCH3 is 1. The van der Waals surface area contributed by atoms with Crippen LogP contribution in [-0.2, 0) is 14.3 Å². The van der Waals surface area contributed by atoms with Gasteiger partial charge in [-0.2, -0.15) is 0 Å². The van der Waals surface area contributed by atoms with Crippen molar-refractivity contribution < 1.29 is 33.3 Å². The van der Waals surface area contributed by atoms with Gasteiger partial charge in [-0.15, -0.1) is 0 Å². The molecule has 0 bridgehead atoms. The lowest BCUT2D eigenvalue weighted by atomic mass is 9.85. The lowest BCUT2D eigenvalue weighted by Crippen LogP contribution is -2.29. The Morgan fingerprint density at radius 3 is 2.82 bits per heavy atom. The first-order valence-electron chi connectivity index (χ1n) is 10.5. The van der Waals surface area contributed by atoms with Crippen molar-refractivity contribution in [1.82, 2.24) is 0 Å². The molecular formula is C21H34F2O5. The maximum absolute atomic E-state index is 14.9. The number of halogens is 2. The lowest BCUT2D eigenvalue weighted by Gasteiger charge is -2.23. The van der Waals surface area contributed by atoms with Gasteiger partial charge in [-0.25, -0.2) is 8.78 Å². The molecule has 1 saturated carbocycles. The highest BCUT2D eigenvalue weighted by Crippen LogP contribution is 2.48. The minimum Gasteiger partial charge on any atom is -0.491 e. The summed E-state index contributed by atoms with van der Waals surface area (Å²) in [6.07, 6.45) is 1.09. The SMILES string of the molecule is CCCCC(F)C(O)CC[C@H]1C(O)CC2O/C(=C\CCCC(=O)OC)C(F)[C@@H]21. The molecule has 7 atom stereocenters. The molecule has 162 valence electrons. The highest BCUT2D eigenvalue weighted by Gasteiger charge is 2.53. The molecule has 0 aromatic rings. The predicted octanol–water partition coefficient (Wildman–Crippen LogP) is 3.62. The lowest BCUT2D eigenvalue weighted by molar-refractivity contribution is -0.140. The second-order valence-corrected chi connectivity index (χ2v) is 7.98. The van der Waals surface area contributed by atoms with Gasteiger partial charge in [-0.1, -0.05) is 19.8 Å². The van der Waals surface area contributed by atoms with E-state index >= 15 is 0 Å². The molecule has 1 aliphatic heterocycles. The molecule has 1 heterocycles. The monoisotopic (exact) mass is 404 g/mol. The van der Waals surface area contributed by atoms with E-state index in [4.69, 9.17) is 4.74 Å². The largest absolute Gasteiger partial charge is 0.491 e. The van der Waals surface area contributed by atoms with Crippen LogP contribution in [0.25, 0.3) is 0 Å². The van der Waals surface area contributed by atoms with Crippen molar-refractivity contribution in [3.63, 3.8) is 0 Å². The number of carbonyl (C=O) groups excluding carboxylic acids is 1. The highest BCUT2D eigenvalue weighted by atomic mass is 19.1. The van der Waals surface area contributed by atoms with Gasteiger partial charge in [0.25, 0.3) is 0 Å². The van der Waals surface area contributed by atoms with Crippen molar-refractivity contribution in [3.05, 3.63) is 11.8 Å². The van der Waals surface area contributed by atoms with Crippen molar-refractivity contribution in [2.45, 2.75) is 95.4 Å². The topological polar surface area (TPSA) is 76.0 Å². The molecule has 28 heavy (non-hydrogen) atoms. The van der Waals surface area contributed by atoms with E-state index in [1.54, 1.807) is 6.08 Å². The summed E-state index contributed by atoms with van der Waals surface area (Å²) in [6.45, 7) is 1.97. The number of hydrogen-bond acceptors (Lipinski definition) is 5. The van der Waals surface area contributed by atoms with Gasteiger partial charge in [-0.05, 0) is 44.1 Å². The summed E-state index contributed by atoms with van der Waals surface area (Å²) in [5.74, 6) is -0.855. The Morgan fingerprint density at radius 2 is 2.14 bits per heavy atom. The molecule has 2 fully saturated rings. The molecule has 0 radical (unpaired) electrons. The van der Waals surface area contributed by atoms with Crippen molar-refractivity contribution in [2.75, 3.05) is 7.11 Å². The summed E-state index contributed by atoms with van der Waals surface area (Å²) in [5, 5.41) is 20.3. The molecule has 0 aromatic heterocycles. The average Bonchev–Trinajstić information content (AvgIpc) is 3.15. The van der Waals surface area contributed by atoms with Crippen molar-refractivity contribution >= 4 is 5.97 Å². The smallest absolute Gasteiger partial charge is 0.305 e. The average molecular weight is 404 g/mol. The molecule has 2 rings (SSSR count). The first-order chi connectivity index (χ1) is 13.4. The van der Waals surface area contributed by atoms with Gasteiger partial charge in [0.1, 0.15) is 18.0 Å². The van der Waals surface area contributed by atoms with E-state index in [9.17, 15) is 23.8 Å². The van der Waals surface area contributed by atoms with E-state index in [0.29, 0.717) is 32.1 Å². The molecule has 5 unspecified atom stereocenters. The van der Waals surface area contributed by atoms with Gasteiger partial charge in [0.2, 0.25) is 0 Å². The summed E-state index contributed by atoms with van der Waals surface area (Å²) in [6, 6.07) is 0. The zero-order chi connectivity index (χ0) is 20.7. The van der Waals surface area contributed by atoms with E-state index in [1.165, 1.54) is 7.11 Å². The summed E-state index contributed by atoms with van der Waals surface area (Å²) < 4.78 is 39.2. The fraction of sp³-hybridized carbons (Fsp3) is 0.857. The van der Waals surface area contributed by atoms with Crippen LogP contribution in [-0.4, -0.2) is 53.9 Å². The van der Waals surface area contributed by atoms with Crippen molar-refractivity contribution in [3.8, 4) is 0 Å². The van der Waals surface area contributed by atoms with Crippen molar-refractivity contribution in [2.24, 2.45) is 11.8 Å². The predicted molar refractivity (Wildman–Crippen MR) is 101 cm³/mol. The Bertz CT molecular complexity index is 527. The van der Waals surface area contributed by atoms with E-state index < -0.39 is 30.5 Å². The molecule has 5 nitrogen and oxygen atoms in total. The third kappa shape index (κ3) is 5.89. The summed E-state index contributed by atoms with van der Waals surface area (Å²) in [4.78, 5) is 11.1. The molecule has 2 aliphatic rings. The number of fused-ring (bicyclic) bond motifs is 1.